The summed E-state index contributed by atoms with van der Waals surface area (Å²) in [6, 6.07) is 43.8. The van der Waals surface area contributed by atoms with Crippen molar-refractivity contribution < 1.29 is 4.74 Å². The largest absolute Gasteiger partial charge is 0.457 e. The van der Waals surface area contributed by atoms with Crippen LogP contribution in [0, 0.1) is 35.0 Å². The molecule has 2 heterocycles. The van der Waals surface area contributed by atoms with Gasteiger partial charge < -0.3 is 4.74 Å². The fourth-order valence-electron chi connectivity index (χ4n) is 9.98. The number of aromatic nitrogens is 3. The molecule has 0 radical (unpaired) electrons. The van der Waals surface area contributed by atoms with Crippen molar-refractivity contribution in [3.05, 3.63) is 138 Å². The molecule has 49 heavy (non-hydrogen) atoms. The highest BCUT2D eigenvalue weighted by Gasteiger charge is 2.61. The number of fused-ring (bicyclic) bond motifs is 2. The van der Waals surface area contributed by atoms with E-state index in [4.69, 9.17) is 19.7 Å². The molecule has 4 saturated carbocycles. The summed E-state index contributed by atoms with van der Waals surface area (Å²) >= 11 is 0. The van der Waals surface area contributed by atoms with Crippen LogP contribution in [-0.4, -0.2) is 15.0 Å². The first-order valence-corrected chi connectivity index (χ1v) is 17.5. The lowest BCUT2D eigenvalue weighted by Gasteiger charge is -2.63. The van der Waals surface area contributed by atoms with Crippen LogP contribution in [0.4, 0.5) is 0 Å². The normalized spacial score (nSPS) is 24.1. The van der Waals surface area contributed by atoms with Crippen molar-refractivity contribution in [1.29, 1.82) is 5.26 Å². The van der Waals surface area contributed by atoms with E-state index in [9.17, 15) is 5.26 Å². The minimum atomic E-state index is 0.00146. The fourth-order valence-corrected chi connectivity index (χ4v) is 9.98. The summed E-state index contributed by atoms with van der Waals surface area (Å²) in [5.74, 6) is 6.85. The third kappa shape index (κ3) is 4.47. The maximum absolute atomic E-state index is 9.27. The van der Waals surface area contributed by atoms with Crippen LogP contribution < -0.4 is 4.74 Å². The van der Waals surface area contributed by atoms with Gasteiger partial charge in [0.25, 0.3) is 0 Å². The van der Waals surface area contributed by atoms with Gasteiger partial charge >= 0.3 is 0 Å². The number of para-hydroxylation sites is 1. The van der Waals surface area contributed by atoms with Crippen molar-refractivity contribution >= 4 is 0 Å². The number of rotatable bonds is 4. The lowest BCUT2D eigenvalue weighted by molar-refractivity contribution is -0.0452. The monoisotopic (exact) mass is 634 g/mol. The van der Waals surface area contributed by atoms with Gasteiger partial charge in [-0.05, 0) is 97.2 Å². The van der Waals surface area contributed by atoms with Crippen molar-refractivity contribution in [2.75, 3.05) is 0 Å². The summed E-state index contributed by atoms with van der Waals surface area (Å²) in [7, 11) is 0. The van der Waals surface area contributed by atoms with Gasteiger partial charge in [0.15, 0.2) is 17.5 Å². The van der Waals surface area contributed by atoms with E-state index in [-0.39, 0.29) is 5.41 Å². The van der Waals surface area contributed by atoms with E-state index in [2.05, 4.69) is 60.7 Å². The van der Waals surface area contributed by atoms with Crippen molar-refractivity contribution in [2.45, 2.75) is 37.5 Å². The molecule has 0 atom stereocenters. The maximum atomic E-state index is 9.27. The highest BCUT2D eigenvalue weighted by molar-refractivity contribution is 5.74. The number of hydrogen-bond donors (Lipinski definition) is 0. The second-order valence-electron chi connectivity index (χ2n) is 14.4. The van der Waals surface area contributed by atoms with Crippen LogP contribution in [0.2, 0.25) is 0 Å². The Kier molecular flexibility index (Phi) is 6.36. The van der Waals surface area contributed by atoms with E-state index < -0.39 is 0 Å². The topological polar surface area (TPSA) is 71.7 Å². The molecule has 5 heteroatoms. The predicted octanol–water partition coefficient (Wildman–Crippen LogP) is 10.3. The summed E-state index contributed by atoms with van der Waals surface area (Å²) in [5.41, 5.74) is 8.20. The van der Waals surface area contributed by atoms with Crippen LogP contribution in [0.3, 0.4) is 0 Å². The average Bonchev–Trinajstić information content (AvgIpc) is 3.16. The molecule has 5 aromatic carbocycles. The summed E-state index contributed by atoms with van der Waals surface area (Å²) in [5, 5.41) is 9.27. The Hall–Kier alpha value is -5.60. The van der Waals surface area contributed by atoms with E-state index >= 15 is 0 Å². The molecule has 6 aromatic rings. The summed E-state index contributed by atoms with van der Waals surface area (Å²) in [6.07, 6.45) is 6.71. The summed E-state index contributed by atoms with van der Waals surface area (Å²) in [4.78, 5) is 15.2. The number of nitriles is 1. The zero-order chi connectivity index (χ0) is 32.5. The van der Waals surface area contributed by atoms with Crippen LogP contribution in [-0.2, 0) is 5.41 Å². The molecule has 4 bridgehead atoms. The number of benzene rings is 5. The molecule has 1 aromatic heterocycles. The van der Waals surface area contributed by atoms with Crippen molar-refractivity contribution in [3.63, 3.8) is 0 Å². The van der Waals surface area contributed by atoms with E-state index in [1.165, 1.54) is 43.2 Å². The molecule has 1 aliphatic heterocycles. The fraction of sp³-hybridized carbons (Fsp3) is 0.227. The average molecular weight is 635 g/mol. The van der Waals surface area contributed by atoms with Crippen LogP contribution in [0.25, 0.3) is 45.3 Å². The van der Waals surface area contributed by atoms with Gasteiger partial charge in [-0.15, -0.1) is 0 Å². The Balaban J connectivity index is 1.11. The third-order valence-electron chi connectivity index (χ3n) is 11.8. The molecule has 0 amide bonds. The van der Waals surface area contributed by atoms with Crippen molar-refractivity contribution in [1.82, 2.24) is 15.0 Å². The van der Waals surface area contributed by atoms with E-state index in [1.807, 2.05) is 66.7 Å². The van der Waals surface area contributed by atoms with Gasteiger partial charge in [0, 0.05) is 33.2 Å². The molecule has 5 nitrogen and oxygen atoms in total. The smallest absolute Gasteiger partial charge is 0.164 e. The molecule has 4 fully saturated rings. The molecular weight excluding hydrogens is 601 g/mol. The number of nitrogens with zero attached hydrogens (tertiary/aromatic N) is 4. The zero-order valence-electron chi connectivity index (χ0n) is 27.1. The Bertz CT molecular complexity index is 2260. The molecular formula is C44H34N4O. The Morgan fingerprint density at radius 3 is 1.80 bits per heavy atom. The lowest BCUT2D eigenvalue weighted by atomic mass is 9.42. The second kappa shape index (κ2) is 11.0. The summed E-state index contributed by atoms with van der Waals surface area (Å²) < 4.78 is 6.79. The van der Waals surface area contributed by atoms with Gasteiger partial charge in [-0.3, -0.25) is 0 Å². The van der Waals surface area contributed by atoms with Gasteiger partial charge in [-0.25, -0.2) is 15.0 Å². The van der Waals surface area contributed by atoms with Crippen molar-refractivity contribution in [2.24, 2.45) is 23.7 Å². The highest BCUT2D eigenvalue weighted by Crippen LogP contribution is 2.68. The van der Waals surface area contributed by atoms with Crippen molar-refractivity contribution in [3.8, 4) is 62.9 Å². The highest BCUT2D eigenvalue weighted by atomic mass is 16.5. The molecule has 4 aliphatic carbocycles. The Labute approximate surface area is 286 Å². The van der Waals surface area contributed by atoms with Crippen LogP contribution in [0.5, 0.6) is 11.5 Å². The quantitative estimate of drug-likeness (QED) is 0.193. The lowest BCUT2D eigenvalue weighted by Crippen LogP contribution is -2.56. The van der Waals surface area contributed by atoms with Gasteiger partial charge in [0.05, 0.1) is 11.6 Å². The van der Waals surface area contributed by atoms with Crippen LogP contribution in [0.15, 0.2) is 121 Å². The molecule has 11 rings (SSSR count). The minimum Gasteiger partial charge on any atom is -0.457 e. The Morgan fingerprint density at radius 1 is 0.510 bits per heavy atom. The molecule has 0 unspecified atom stereocenters. The first kappa shape index (κ1) is 28.4. The standard InChI is InChI=1S/C44H34N4O/c45-26-27-13-15-30(16-14-27)32-9-6-10-33(24-32)42-46-41(31-7-2-1-3-8-31)47-43(48-42)34-17-18-38-40(25-34)49-39-12-5-4-11-37(39)44(38)35-20-28-19-29(22-35)23-36(44)21-28/h1-18,24-25,28-29,35-36H,19-23H2. The van der Waals surface area contributed by atoms with Crippen LogP contribution in [0.1, 0.15) is 48.8 Å². The van der Waals surface area contributed by atoms with Gasteiger partial charge in [0.1, 0.15) is 11.5 Å². The maximum Gasteiger partial charge on any atom is 0.164 e. The van der Waals surface area contributed by atoms with Gasteiger partial charge in [-0.2, -0.15) is 5.26 Å². The second-order valence-corrected chi connectivity index (χ2v) is 14.4. The van der Waals surface area contributed by atoms with E-state index in [0.29, 0.717) is 34.9 Å². The third-order valence-corrected chi connectivity index (χ3v) is 11.8. The molecule has 0 N–H and O–H groups in total. The number of hydrogen-bond acceptors (Lipinski definition) is 5. The van der Waals surface area contributed by atoms with E-state index in [0.717, 1.165) is 51.2 Å². The molecule has 1 spiro atoms. The first-order valence-electron chi connectivity index (χ1n) is 17.5. The SMILES string of the molecule is N#Cc1ccc(-c2cccc(-c3nc(-c4ccccc4)nc(-c4ccc5c(c4)Oc4ccccc4C54C5CC6CC(C5)CC4C6)n3)c2)cc1. The van der Waals surface area contributed by atoms with Crippen LogP contribution >= 0.6 is 0 Å². The molecule has 5 aliphatic rings. The summed E-state index contributed by atoms with van der Waals surface area (Å²) in [6.45, 7) is 0. The molecule has 0 saturated heterocycles. The van der Waals surface area contributed by atoms with Gasteiger partial charge in [0.2, 0.25) is 0 Å². The Morgan fingerprint density at radius 2 is 1.08 bits per heavy atom. The molecule has 236 valence electrons. The predicted molar refractivity (Wildman–Crippen MR) is 191 cm³/mol. The van der Waals surface area contributed by atoms with E-state index in [1.54, 1.807) is 0 Å². The number of ether oxygens (including phenoxy) is 1. The van der Waals surface area contributed by atoms with Gasteiger partial charge in [-0.1, -0.05) is 91.0 Å². The zero-order valence-corrected chi connectivity index (χ0v) is 27.1. The minimum absolute atomic E-state index is 0.00146. The first-order chi connectivity index (χ1) is 24.2.